The molecule has 0 spiro atoms. The fraction of sp³-hybridized carbons (Fsp3) is 0.300. The highest BCUT2D eigenvalue weighted by molar-refractivity contribution is 5.52. The van der Waals surface area contributed by atoms with E-state index in [-0.39, 0.29) is 6.10 Å². The minimum atomic E-state index is 0.152. The van der Waals surface area contributed by atoms with Crippen LogP contribution in [0.25, 0.3) is 5.76 Å². The van der Waals surface area contributed by atoms with E-state index in [2.05, 4.69) is 11.6 Å². The summed E-state index contributed by atoms with van der Waals surface area (Å²) in [5.41, 5.74) is 0.797. The third kappa shape index (κ3) is 2.38. The molecule has 2 nitrogen and oxygen atoms in total. The van der Waals surface area contributed by atoms with Crippen molar-refractivity contribution in [3.05, 3.63) is 36.7 Å². The largest absolute Gasteiger partial charge is 0.489 e. The third-order valence-corrected chi connectivity index (χ3v) is 1.33. The highest BCUT2D eigenvalue weighted by Gasteiger charge is 2.01. The Bertz CT molecular complexity index is 254. The Morgan fingerprint density at radius 3 is 2.75 bits per heavy atom. The quantitative estimate of drug-likeness (QED) is 0.638. The third-order valence-electron chi connectivity index (χ3n) is 1.33. The van der Waals surface area contributed by atoms with Crippen molar-refractivity contribution in [3.8, 4) is 0 Å². The van der Waals surface area contributed by atoms with Crippen LogP contribution < -0.4 is 0 Å². The Kier molecular flexibility index (Phi) is 2.86. The summed E-state index contributed by atoms with van der Waals surface area (Å²) in [6, 6.07) is 5.66. The monoisotopic (exact) mass is 163 g/mol. The van der Waals surface area contributed by atoms with Crippen LogP contribution in [0.15, 0.2) is 31.0 Å². The molecule has 0 N–H and O–H groups in total. The van der Waals surface area contributed by atoms with Crippen LogP contribution in [-0.2, 0) is 4.74 Å². The van der Waals surface area contributed by atoms with Gasteiger partial charge in [-0.2, -0.15) is 0 Å². The Morgan fingerprint density at radius 1 is 1.50 bits per heavy atom. The first kappa shape index (κ1) is 8.78. The van der Waals surface area contributed by atoms with Gasteiger partial charge in [-0.25, -0.2) is 0 Å². The van der Waals surface area contributed by atoms with E-state index in [4.69, 9.17) is 4.74 Å². The van der Waals surface area contributed by atoms with Gasteiger partial charge in [0.25, 0.3) is 0 Å². The molecule has 0 saturated heterocycles. The van der Waals surface area contributed by atoms with Crippen molar-refractivity contribution < 1.29 is 4.74 Å². The van der Waals surface area contributed by atoms with Gasteiger partial charge in [-0.15, -0.1) is 0 Å². The second-order valence-corrected chi connectivity index (χ2v) is 2.80. The van der Waals surface area contributed by atoms with Gasteiger partial charge < -0.3 is 4.74 Å². The van der Waals surface area contributed by atoms with Gasteiger partial charge in [0.2, 0.25) is 0 Å². The molecular formula is C10H13NO. The zero-order valence-corrected chi connectivity index (χ0v) is 7.45. The van der Waals surface area contributed by atoms with Gasteiger partial charge in [0.05, 0.1) is 6.10 Å². The molecular weight excluding hydrogens is 150 g/mol. The van der Waals surface area contributed by atoms with E-state index in [1.165, 1.54) is 0 Å². The fourth-order valence-corrected chi connectivity index (χ4v) is 0.873. The van der Waals surface area contributed by atoms with Crippen LogP contribution in [0.1, 0.15) is 19.5 Å². The van der Waals surface area contributed by atoms with Crippen molar-refractivity contribution in [1.29, 1.82) is 0 Å². The smallest absolute Gasteiger partial charge is 0.138 e. The van der Waals surface area contributed by atoms with Crippen molar-refractivity contribution in [3.63, 3.8) is 0 Å². The average Bonchev–Trinajstić information content (AvgIpc) is 2.05. The van der Waals surface area contributed by atoms with Gasteiger partial charge in [-0.3, -0.25) is 4.98 Å². The average molecular weight is 163 g/mol. The molecule has 0 amide bonds. The van der Waals surface area contributed by atoms with Crippen molar-refractivity contribution >= 4 is 5.76 Å². The number of aromatic nitrogens is 1. The van der Waals surface area contributed by atoms with E-state index in [0.29, 0.717) is 5.76 Å². The standard InChI is InChI=1S/C10H13NO/c1-8(2)12-9(3)10-6-4-5-7-11-10/h4-8H,3H2,1-2H3. The van der Waals surface area contributed by atoms with Crippen LogP contribution in [0.3, 0.4) is 0 Å². The molecule has 2 heteroatoms. The van der Waals surface area contributed by atoms with Crippen LogP contribution in [0.5, 0.6) is 0 Å². The maximum absolute atomic E-state index is 5.38. The first-order valence-corrected chi connectivity index (χ1v) is 3.97. The molecule has 0 unspecified atom stereocenters. The molecule has 0 aliphatic rings. The Balaban J connectivity index is 2.66. The fourth-order valence-electron chi connectivity index (χ4n) is 0.873. The van der Waals surface area contributed by atoms with Gasteiger partial charge in [-0.05, 0) is 26.0 Å². The Morgan fingerprint density at radius 2 is 2.25 bits per heavy atom. The van der Waals surface area contributed by atoms with E-state index in [1.807, 2.05) is 32.0 Å². The molecule has 0 aliphatic heterocycles. The lowest BCUT2D eigenvalue weighted by atomic mass is 10.3. The van der Waals surface area contributed by atoms with Crippen LogP contribution in [0.2, 0.25) is 0 Å². The van der Waals surface area contributed by atoms with E-state index in [1.54, 1.807) is 6.20 Å². The van der Waals surface area contributed by atoms with Crippen LogP contribution in [-0.4, -0.2) is 11.1 Å². The van der Waals surface area contributed by atoms with Gasteiger partial charge in [0.15, 0.2) is 0 Å². The van der Waals surface area contributed by atoms with Gasteiger partial charge in [0, 0.05) is 6.20 Å². The molecule has 1 rings (SSSR count). The summed E-state index contributed by atoms with van der Waals surface area (Å²) in [5.74, 6) is 0.630. The van der Waals surface area contributed by atoms with Crippen LogP contribution in [0, 0.1) is 0 Å². The molecule has 0 aliphatic carbocycles. The van der Waals surface area contributed by atoms with Gasteiger partial charge in [-0.1, -0.05) is 12.6 Å². The number of hydrogen-bond donors (Lipinski definition) is 0. The van der Waals surface area contributed by atoms with E-state index >= 15 is 0 Å². The summed E-state index contributed by atoms with van der Waals surface area (Å²) in [6.45, 7) is 7.71. The Hall–Kier alpha value is -1.31. The van der Waals surface area contributed by atoms with Crippen molar-refractivity contribution in [2.45, 2.75) is 20.0 Å². The topological polar surface area (TPSA) is 22.1 Å². The van der Waals surface area contributed by atoms with Crippen molar-refractivity contribution in [2.75, 3.05) is 0 Å². The molecule has 0 bridgehead atoms. The zero-order chi connectivity index (χ0) is 8.97. The van der Waals surface area contributed by atoms with Gasteiger partial charge in [0.1, 0.15) is 11.5 Å². The summed E-state index contributed by atoms with van der Waals surface area (Å²) < 4.78 is 5.38. The van der Waals surface area contributed by atoms with Crippen LogP contribution >= 0.6 is 0 Å². The SMILES string of the molecule is C=C(OC(C)C)c1ccccn1. The summed E-state index contributed by atoms with van der Waals surface area (Å²) in [5, 5.41) is 0. The lowest BCUT2D eigenvalue weighted by molar-refractivity contribution is 0.204. The molecule has 0 atom stereocenters. The minimum absolute atomic E-state index is 0.152. The van der Waals surface area contributed by atoms with Gasteiger partial charge >= 0.3 is 0 Å². The van der Waals surface area contributed by atoms with Crippen molar-refractivity contribution in [1.82, 2.24) is 4.98 Å². The molecule has 1 aromatic rings. The predicted octanol–water partition coefficient (Wildman–Crippen LogP) is 2.48. The lowest BCUT2D eigenvalue weighted by Gasteiger charge is -2.10. The number of ether oxygens (including phenoxy) is 1. The molecule has 12 heavy (non-hydrogen) atoms. The van der Waals surface area contributed by atoms with E-state index in [0.717, 1.165) is 5.69 Å². The first-order valence-electron chi connectivity index (χ1n) is 3.97. The maximum Gasteiger partial charge on any atom is 0.138 e. The second-order valence-electron chi connectivity index (χ2n) is 2.80. The van der Waals surface area contributed by atoms with E-state index < -0.39 is 0 Å². The molecule has 1 aromatic heterocycles. The second kappa shape index (κ2) is 3.90. The highest BCUT2D eigenvalue weighted by atomic mass is 16.5. The number of hydrogen-bond acceptors (Lipinski definition) is 2. The molecule has 0 radical (unpaired) electrons. The summed E-state index contributed by atoms with van der Waals surface area (Å²) in [7, 11) is 0. The number of nitrogens with zero attached hydrogens (tertiary/aromatic N) is 1. The summed E-state index contributed by atoms with van der Waals surface area (Å²) >= 11 is 0. The Labute approximate surface area is 72.9 Å². The van der Waals surface area contributed by atoms with E-state index in [9.17, 15) is 0 Å². The highest BCUT2D eigenvalue weighted by Crippen LogP contribution is 2.11. The van der Waals surface area contributed by atoms with Crippen LogP contribution in [0.4, 0.5) is 0 Å². The minimum Gasteiger partial charge on any atom is -0.489 e. The zero-order valence-electron chi connectivity index (χ0n) is 7.45. The molecule has 1 heterocycles. The molecule has 0 fully saturated rings. The maximum atomic E-state index is 5.38. The number of pyridine rings is 1. The lowest BCUT2D eigenvalue weighted by Crippen LogP contribution is -2.01. The predicted molar refractivity (Wildman–Crippen MR) is 49.5 cm³/mol. The molecule has 0 saturated carbocycles. The first-order chi connectivity index (χ1) is 5.70. The van der Waals surface area contributed by atoms with Crippen molar-refractivity contribution in [2.24, 2.45) is 0 Å². The molecule has 0 aromatic carbocycles. The summed E-state index contributed by atoms with van der Waals surface area (Å²) in [6.07, 6.45) is 1.88. The normalized spacial score (nSPS) is 9.92. The number of rotatable bonds is 3. The molecule has 64 valence electrons. The summed E-state index contributed by atoms with van der Waals surface area (Å²) in [4.78, 5) is 4.11.